The Morgan fingerprint density at radius 2 is 2.03 bits per heavy atom. The third-order valence-electron chi connectivity index (χ3n) is 5.90. The number of rotatable bonds is 6. The van der Waals surface area contributed by atoms with E-state index in [2.05, 4.69) is 42.6 Å². The number of furan rings is 1. The molecule has 1 amide bonds. The van der Waals surface area contributed by atoms with Crippen LogP contribution in [0.4, 0.5) is 0 Å². The number of carbonyl (C=O) groups is 1. The zero-order chi connectivity index (χ0) is 21.4. The van der Waals surface area contributed by atoms with Crippen molar-refractivity contribution in [1.29, 1.82) is 0 Å². The molecule has 0 N–H and O–H groups in total. The SMILES string of the molecule is COc1ccc2c(c1)c(C1=Cc3ccccc3C1)cn2CC(=O)N(C)Cc1ccco1. The number of aromatic nitrogens is 1. The molecule has 0 saturated heterocycles. The van der Waals surface area contributed by atoms with E-state index in [4.69, 9.17) is 9.15 Å². The summed E-state index contributed by atoms with van der Waals surface area (Å²) in [4.78, 5) is 14.6. The van der Waals surface area contributed by atoms with Crippen molar-refractivity contribution in [2.24, 2.45) is 0 Å². The van der Waals surface area contributed by atoms with Crippen LogP contribution in [0.5, 0.6) is 5.75 Å². The maximum absolute atomic E-state index is 12.9. The molecule has 0 radical (unpaired) electrons. The Hall–Kier alpha value is -3.73. The largest absolute Gasteiger partial charge is 0.497 e. The Labute approximate surface area is 181 Å². The van der Waals surface area contributed by atoms with Gasteiger partial charge in [0.1, 0.15) is 18.1 Å². The van der Waals surface area contributed by atoms with Crippen LogP contribution in [0.2, 0.25) is 0 Å². The smallest absolute Gasteiger partial charge is 0.242 e. The predicted molar refractivity (Wildman–Crippen MR) is 122 cm³/mol. The first-order chi connectivity index (χ1) is 15.1. The van der Waals surface area contributed by atoms with Gasteiger partial charge in [-0.15, -0.1) is 0 Å². The molecule has 0 aliphatic heterocycles. The van der Waals surface area contributed by atoms with Crippen LogP contribution >= 0.6 is 0 Å². The van der Waals surface area contributed by atoms with Gasteiger partial charge in [-0.05, 0) is 53.5 Å². The highest BCUT2D eigenvalue weighted by Gasteiger charge is 2.20. The maximum atomic E-state index is 12.9. The molecule has 5 nitrogen and oxygen atoms in total. The monoisotopic (exact) mass is 412 g/mol. The Morgan fingerprint density at radius 3 is 2.81 bits per heavy atom. The van der Waals surface area contributed by atoms with Crippen LogP contribution < -0.4 is 4.74 Å². The van der Waals surface area contributed by atoms with Crippen LogP contribution in [0.1, 0.15) is 22.5 Å². The van der Waals surface area contributed by atoms with E-state index in [1.165, 1.54) is 16.7 Å². The molecule has 0 spiro atoms. The standard InChI is InChI=1S/C26H24N2O3/c1-27(15-22-8-5-11-31-22)26(29)17-28-16-24(23-14-21(30-2)9-10-25(23)28)20-12-18-6-3-4-7-19(18)13-20/h3-12,14,16H,13,15,17H2,1-2H3. The van der Waals surface area contributed by atoms with Crippen molar-refractivity contribution in [3.05, 3.63) is 89.5 Å². The van der Waals surface area contributed by atoms with Crippen LogP contribution in [-0.4, -0.2) is 29.5 Å². The van der Waals surface area contributed by atoms with Gasteiger partial charge in [0.25, 0.3) is 0 Å². The molecule has 156 valence electrons. The molecule has 5 rings (SSSR count). The van der Waals surface area contributed by atoms with E-state index >= 15 is 0 Å². The number of hydrogen-bond donors (Lipinski definition) is 0. The molecule has 2 aromatic carbocycles. The summed E-state index contributed by atoms with van der Waals surface area (Å²) >= 11 is 0. The number of carbonyl (C=O) groups excluding carboxylic acids is 1. The summed E-state index contributed by atoms with van der Waals surface area (Å²) in [6.07, 6.45) is 6.86. The fourth-order valence-electron chi connectivity index (χ4n) is 4.23. The van der Waals surface area contributed by atoms with Gasteiger partial charge in [0, 0.05) is 29.7 Å². The summed E-state index contributed by atoms with van der Waals surface area (Å²) < 4.78 is 12.9. The predicted octanol–water partition coefficient (Wildman–Crippen LogP) is 5.00. The van der Waals surface area contributed by atoms with Crippen molar-refractivity contribution >= 4 is 28.5 Å². The number of allylic oxidation sites excluding steroid dienone is 1. The molecule has 1 aliphatic rings. The fraction of sp³-hybridized carbons (Fsp3) is 0.192. The molecule has 0 unspecified atom stereocenters. The summed E-state index contributed by atoms with van der Waals surface area (Å²) in [5.41, 5.74) is 6.01. The van der Waals surface area contributed by atoms with E-state index in [0.717, 1.165) is 34.4 Å². The summed E-state index contributed by atoms with van der Waals surface area (Å²) in [5, 5.41) is 1.10. The molecule has 0 bridgehead atoms. The van der Waals surface area contributed by atoms with Crippen LogP contribution in [0.15, 0.2) is 71.5 Å². The molecule has 5 heteroatoms. The molecule has 4 aromatic rings. The summed E-state index contributed by atoms with van der Waals surface area (Å²) in [7, 11) is 3.48. The third-order valence-corrected chi connectivity index (χ3v) is 5.90. The minimum Gasteiger partial charge on any atom is -0.497 e. The normalized spacial score (nSPS) is 12.6. The molecule has 1 aliphatic carbocycles. The summed E-state index contributed by atoms with van der Waals surface area (Å²) in [6.45, 7) is 0.715. The zero-order valence-electron chi connectivity index (χ0n) is 17.7. The fourth-order valence-corrected chi connectivity index (χ4v) is 4.23. The highest BCUT2D eigenvalue weighted by atomic mass is 16.5. The second-order valence-corrected chi connectivity index (χ2v) is 7.93. The second-order valence-electron chi connectivity index (χ2n) is 7.93. The minimum absolute atomic E-state index is 0.0272. The lowest BCUT2D eigenvalue weighted by Crippen LogP contribution is -2.29. The van der Waals surface area contributed by atoms with Crippen LogP contribution in [0, 0.1) is 0 Å². The number of amides is 1. The second kappa shape index (κ2) is 7.84. The van der Waals surface area contributed by atoms with Gasteiger partial charge in [-0.3, -0.25) is 4.79 Å². The first kappa shape index (κ1) is 19.2. The van der Waals surface area contributed by atoms with Crippen molar-refractivity contribution in [2.45, 2.75) is 19.5 Å². The number of methoxy groups -OCH3 is 1. The third kappa shape index (κ3) is 3.63. The zero-order valence-corrected chi connectivity index (χ0v) is 17.7. The van der Waals surface area contributed by atoms with E-state index in [9.17, 15) is 4.79 Å². The van der Waals surface area contributed by atoms with E-state index in [-0.39, 0.29) is 12.5 Å². The van der Waals surface area contributed by atoms with Gasteiger partial charge in [0.2, 0.25) is 5.91 Å². The quantitative estimate of drug-likeness (QED) is 0.448. The van der Waals surface area contributed by atoms with Gasteiger partial charge in [-0.25, -0.2) is 0 Å². The van der Waals surface area contributed by atoms with E-state index in [1.807, 2.05) is 28.8 Å². The summed E-state index contributed by atoms with van der Waals surface area (Å²) in [6, 6.07) is 18.2. The van der Waals surface area contributed by atoms with Crippen molar-refractivity contribution in [2.75, 3.05) is 14.2 Å². The number of hydrogen-bond acceptors (Lipinski definition) is 3. The van der Waals surface area contributed by atoms with Crippen molar-refractivity contribution in [1.82, 2.24) is 9.47 Å². The maximum Gasteiger partial charge on any atom is 0.242 e. The molecule has 31 heavy (non-hydrogen) atoms. The Balaban J connectivity index is 1.48. The number of fused-ring (bicyclic) bond motifs is 2. The molecule has 2 heterocycles. The number of ether oxygens (including phenoxy) is 1. The summed E-state index contributed by atoms with van der Waals surface area (Å²) in [5.74, 6) is 1.61. The molecule has 0 atom stereocenters. The molecular formula is C26H24N2O3. The topological polar surface area (TPSA) is 47.6 Å². The lowest BCUT2D eigenvalue weighted by molar-refractivity contribution is -0.131. The molecule has 2 aromatic heterocycles. The van der Waals surface area contributed by atoms with Gasteiger partial charge >= 0.3 is 0 Å². The van der Waals surface area contributed by atoms with Crippen molar-refractivity contribution < 1.29 is 13.9 Å². The van der Waals surface area contributed by atoms with Gasteiger partial charge in [-0.1, -0.05) is 30.3 Å². The van der Waals surface area contributed by atoms with Crippen LogP contribution in [-0.2, 0) is 24.3 Å². The van der Waals surface area contributed by atoms with E-state index in [1.54, 1.807) is 25.3 Å². The average Bonchev–Trinajstić information content (AvgIpc) is 3.51. The van der Waals surface area contributed by atoms with Crippen molar-refractivity contribution in [3.63, 3.8) is 0 Å². The van der Waals surface area contributed by atoms with Gasteiger partial charge < -0.3 is 18.6 Å². The number of benzene rings is 2. The Bertz CT molecular complexity index is 1280. The number of nitrogens with zero attached hydrogens (tertiary/aromatic N) is 2. The highest BCUT2D eigenvalue weighted by Crippen LogP contribution is 2.37. The Kier molecular flexibility index (Phi) is 4.86. The molecule has 0 saturated carbocycles. The van der Waals surface area contributed by atoms with Crippen LogP contribution in [0.3, 0.4) is 0 Å². The first-order valence-corrected chi connectivity index (χ1v) is 10.3. The lowest BCUT2D eigenvalue weighted by atomic mass is 10.0. The van der Waals surface area contributed by atoms with E-state index < -0.39 is 0 Å². The van der Waals surface area contributed by atoms with E-state index in [0.29, 0.717) is 6.54 Å². The Morgan fingerprint density at radius 1 is 1.16 bits per heavy atom. The molecule has 0 fully saturated rings. The van der Waals surface area contributed by atoms with Gasteiger partial charge in [-0.2, -0.15) is 0 Å². The first-order valence-electron chi connectivity index (χ1n) is 10.3. The average molecular weight is 412 g/mol. The number of likely N-dealkylation sites (N-methyl/N-ethyl adjacent to an activating group) is 1. The minimum atomic E-state index is 0.0272. The van der Waals surface area contributed by atoms with Gasteiger partial charge in [0.15, 0.2) is 0 Å². The molecular weight excluding hydrogens is 388 g/mol. The van der Waals surface area contributed by atoms with Crippen LogP contribution in [0.25, 0.3) is 22.6 Å². The van der Waals surface area contributed by atoms with Crippen molar-refractivity contribution in [3.8, 4) is 5.75 Å². The highest BCUT2D eigenvalue weighted by molar-refractivity contribution is 6.01. The van der Waals surface area contributed by atoms with Gasteiger partial charge in [0.05, 0.1) is 19.9 Å². The lowest BCUT2D eigenvalue weighted by Gasteiger charge is -2.16.